The Bertz CT molecular complexity index is 1130. The van der Waals surface area contributed by atoms with E-state index in [9.17, 15) is 18.8 Å². The number of carboxylic acid groups (broad SMARTS) is 1. The summed E-state index contributed by atoms with van der Waals surface area (Å²) >= 11 is 0. The van der Waals surface area contributed by atoms with Crippen molar-refractivity contribution >= 4 is 23.6 Å². The summed E-state index contributed by atoms with van der Waals surface area (Å²) in [5.74, 6) is -1.46. The van der Waals surface area contributed by atoms with Crippen molar-refractivity contribution in [2.45, 2.75) is 82.7 Å². The molecule has 2 aliphatic rings. The van der Waals surface area contributed by atoms with Gasteiger partial charge in [0.1, 0.15) is 5.82 Å². The van der Waals surface area contributed by atoms with E-state index in [0.717, 1.165) is 49.8 Å². The van der Waals surface area contributed by atoms with Crippen LogP contribution in [0.4, 0.5) is 14.9 Å². The van der Waals surface area contributed by atoms with Gasteiger partial charge < -0.3 is 20.6 Å². The highest BCUT2D eigenvalue weighted by Gasteiger charge is 2.32. The molecule has 0 bridgehead atoms. The molecular weight excluding hydrogens is 473 g/mol. The molecule has 4 rings (SSSR count). The maximum Gasteiger partial charge on any atom is 0.338 e. The highest BCUT2D eigenvalue weighted by atomic mass is 19.1. The van der Waals surface area contributed by atoms with Crippen molar-refractivity contribution in [1.29, 1.82) is 0 Å². The lowest BCUT2D eigenvalue weighted by molar-refractivity contribution is -0.122. The second-order valence-corrected chi connectivity index (χ2v) is 10.6. The van der Waals surface area contributed by atoms with Gasteiger partial charge >= 0.3 is 12.0 Å². The fourth-order valence-corrected chi connectivity index (χ4v) is 5.49. The predicted molar refractivity (Wildman–Crippen MR) is 140 cm³/mol. The van der Waals surface area contributed by atoms with Gasteiger partial charge in [-0.2, -0.15) is 0 Å². The first kappa shape index (κ1) is 26.6. The molecule has 2 aromatic rings. The fourth-order valence-electron chi connectivity index (χ4n) is 5.49. The van der Waals surface area contributed by atoms with E-state index in [-0.39, 0.29) is 41.9 Å². The average molecular weight is 510 g/mol. The van der Waals surface area contributed by atoms with Crippen LogP contribution in [0.2, 0.25) is 0 Å². The van der Waals surface area contributed by atoms with Crippen molar-refractivity contribution in [1.82, 2.24) is 10.2 Å². The van der Waals surface area contributed by atoms with Gasteiger partial charge in [-0.15, -0.1) is 0 Å². The first-order chi connectivity index (χ1) is 17.7. The highest BCUT2D eigenvalue weighted by Crippen LogP contribution is 2.34. The number of hydrogen-bond donors (Lipinski definition) is 3. The third-order valence-electron chi connectivity index (χ3n) is 7.67. The SMILES string of the molecule is CC(C)c1ccc(NC(=O)N2CCC[C@@H]2CC(=O)NC2CCC(c3ccc(C(=O)O)c(F)c3)CC2)cc1. The summed E-state index contributed by atoms with van der Waals surface area (Å²) in [5, 5.41) is 15.1. The Hall–Kier alpha value is -3.42. The molecule has 198 valence electrons. The van der Waals surface area contributed by atoms with Crippen LogP contribution in [-0.2, 0) is 4.79 Å². The van der Waals surface area contributed by atoms with Crippen molar-refractivity contribution < 1.29 is 23.9 Å². The molecule has 0 unspecified atom stereocenters. The van der Waals surface area contributed by atoms with Crippen molar-refractivity contribution in [3.05, 3.63) is 65.0 Å². The van der Waals surface area contributed by atoms with Crippen LogP contribution in [0.5, 0.6) is 0 Å². The molecule has 7 nitrogen and oxygen atoms in total. The largest absolute Gasteiger partial charge is 0.478 e. The summed E-state index contributed by atoms with van der Waals surface area (Å²) in [5.41, 5.74) is 2.45. The van der Waals surface area contributed by atoms with E-state index in [2.05, 4.69) is 24.5 Å². The Kier molecular flexibility index (Phi) is 8.46. The molecule has 1 saturated heterocycles. The number of carboxylic acids is 1. The number of nitrogens with zero attached hydrogens (tertiary/aromatic N) is 1. The lowest BCUT2D eigenvalue weighted by Gasteiger charge is -2.30. The zero-order valence-electron chi connectivity index (χ0n) is 21.5. The molecule has 3 amide bonds. The van der Waals surface area contributed by atoms with Crippen LogP contribution in [0.25, 0.3) is 0 Å². The first-order valence-electron chi connectivity index (χ1n) is 13.2. The Balaban J connectivity index is 1.25. The maximum atomic E-state index is 14.1. The van der Waals surface area contributed by atoms with E-state index < -0.39 is 11.8 Å². The number of hydrogen-bond acceptors (Lipinski definition) is 3. The molecule has 37 heavy (non-hydrogen) atoms. The number of benzene rings is 2. The fraction of sp³-hybridized carbons (Fsp3) is 0.483. The number of aromatic carboxylic acids is 1. The Labute approximate surface area is 217 Å². The van der Waals surface area contributed by atoms with Gasteiger partial charge in [0.2, 0.25) is 5.91 Å². The molecule has 0 spiro atoms. The van der Waals surface area contributed by atoms with E-state index in [0.29, 0.717) is 12.5 Å². The quantitative estimate of drug-likeness (QED) is 0.434. The van der Waals surface area contributed by atoms with Gasteiger partial charge in [0.15, 0.2) is 0 Å². The lowest BCUT2D eigenvalue weighted by atomic mass is 9.81. The summed E-state index contributed by atoms with van der Waals surface area (Å²) in [6.07, 6.45) is 5.11. The zero-order valence-corrected chi connectivity index (χ0v) is 21.5. The Morgan fingerprint density at radius 3 is 2.35 bits per heavy atom. The predicted octanol–water partition coefficient (Wildman–Crippen LogP) is 5.88. The molecule has 2 fully saturated rings. The number of halogens is 1. The minimum absolute atomic E-state index is 0.0497. The minimum Gasteiger partial charge on any atom is -0.478 e. The number of amides is 3. The number of urea groups is 1. The molecule has 1 saturated carbocycles. The van der Waals surface area contributed by atoms with E-state index in [1.165, 1.54) is 17.7 Å². The van der Waals surface area contributed by atoms with Gasteiger partial charge in [-0.1, -0.05) is 32.0 Å². The van der Waals surface area contributed by atoms with Crippen LogP contribution in [0.3, 0.4) is 0 Å². The second-order valence-electron chi connectivity index (χ2n) is 10.6. The molecule has 1 aliphatic carbocycles. The van der Waals surface area contributed by atoms with Crippen LogP contribution in [-0.4, -0.2) is 46.5 Å². The Morgan fingerprint density at radius 1 is 1.03 bits per heavy atom. The summed E-state index contributed by atoms with van der Waals surface area (Å²) in [6, 6.07) is 12.0. The number of likely N-dealkylation sites (tertiary alicyclic amines) is 1. The molecule has 3 N–H and O–H groups in total. The van der Waals surface area contributed by atoms with E-state index >= 15 is 0 Å². The number of nitrogens with one attached hydrogen (secondary N) is 2. The van der Waals surface area contributed by atoms with Crippen molar-refractivity contribution in [3.8, 4) is 0 Å². The van der Waals surface area contributed by atoms with Gasteiger partial charge in [0, 0.05) is 30.7 Å². The van der Waals surface area contributed by atoms with E-state index in [1.54, 1.807) is 11.0 Å². The summed E-state index contributed by atoms with van der Waals surface area (Å²) < 4.78 is 14.1. The zero-order chi connectivity index (χ0) is 26.5. The molecule has 1 aliphatic heterocycles. The molecule has 2 aromatic carbocycles. The van der Waals surface area contributed by atoms with Crippen molar-refractivity contribution in [2.24, 2.45) is 0 Å². The van der Waals surface area contributed by atoms with Crippen molar-refractivity contribution in [2.75, 3.05) is 11.9 Å². The molecule has 8 heteroatoms. The third kappa shape index (κ3) is 6.67. The van der Waals surface area contributed by atoms with Crippen molar-refractivity contribution in [3.63, 3.8) is 0 Å². The first-order valence-corrected chi connectivity index (χ1v) is 13.2. The van der Waals surface area contributed by atoms with Gasteiger partial charge in [-0.05, 0) is 85.8 Å². The van der Waals surface area contributed by atoms with Crippen LogP contribution >= 0.6 is 0 Å². The molecule has 1 atom stereocenters. The monoisotopic (exact) mass is 509 g/mol. The number of rotatable bonds is 7. The molecular formula is C29H36FN3O4. The number of carbonyl (C=O) groups is 3. The Morgan fingerprint density at radius 2 is 1.73 bits per heavy atom. The van der Waals surface area contributed by atoms with Crippen LogP contribution in [0.1, 0.15) is 92.1 Å². The summed E-state index contributed by atoms with van der Waals surface area (Å²) in [4.78, 5) is 38.5. The van der Waals surface area contributed by atoms with Gasteiger partial charge in [-0.3, -0.25) is 4.79 Å². The summed E-state index contributed by atoms with van der Waals surface area (Å²) in [7, 11) is 0. The van der Waals surface area contributed by atoms with Gasteiger partial charge in [0.25, 0.3) is 0 Å². The molecule has 0 aromatic heterocycles. The normalized spacial score (nSPS) is 21.6. The maximum absolute atomic E-state index is 14.1. The second kappa shape index (κ2) is 11.8. The van der Waals surface area contributed by atoms with Crippen LogP contribution < -0.4 is 10.6 Å². The standard InChI is InChI=1S/C29H36FN3O4/c1-18(2)19-5-10-23(11-6-19)32-29(37)33-15-3-4-24(33)17-27(34)31-22-12-7-20(8-13-22)21-9-14-25(28(35)36)26(30)16-21/h5-6,9-11,14,16,18,20,22,24H,3-4,7-8,12-13,15,17H2,1-2H3,(H,31,34)(H,32,37)(H,35,36)/t20?,22?,24-/m1/s1. The van der Waals surface area contributed by atoms with E-state index in [1.807, 2.05) is 24.3 Å². The number of anilines is 1. The summed E-state index contributed by atoms with van der Waals surface area (Å²) in [6.45, 7) is 4.89. The van der Waals surface area contributed by atoms with E-state index in [4.69, 9.17) is 5.11 Å². The molecule has 0 radical (unpaired) electrons. The number of carbonyl (C=O) groups excluding carboxylic acids is 2. The average Bonchev–Trinajstić information content (AvgIpc) is 3.32. The highest BCUT2D eigenvalue weighted by molar-refractivity contribution is 5.90. The third-order valence-corrected chi connectivity index (χ3v) is 7.67. The molecule has 1 heterocycles. The van der Waals surface area contributed by atoms with Gasteiger partial charge in [-0.25, -0.2) is 14.0 Å². The topological polar surface area (TPSA) is 98.7 Å². The lowest BCUT2D eigenvalue weighted by Crippen LogP contribution is -2.43. The van der Waals surface area contributed by atoms with Crippen LogP contribution in [0.15, 0.2) is 42.5 Å². The van der Waals surface area contributed by atoms with Crippen LogP contribution in [0, 0.1) is 5.82 Å². The smallest absolute Gasteiger partial charge is 0.338 e. The van der Waals surface area contributed by atoms with Gasteiger partial charge in [0.05, 0.1) is 5.56 Å². The minimum atomic E-state index is -1.27.